The number of anilines is 1. The molecule has 1 heterocycles. The van der Waals surface area contributed by atoms with Crippen molar-refractivity contribution in [3.63, 3.8) is 0 Å². The minimum absolute atomic E-state index is 0.317. The minimum Gasteiger partial charge on any atom is -0.497 e. The number of benzene rings is 2. The molecule has 0 atom stereocenters. The first kappa shape index (κ1) is 16.9. The second-order valence-corrected chi connectivity index (χ2v) is 5.69. The molecule has 3 aromatic rings. The molecule has 0 aliphatic rings. The molecule has 0 radical (unpaired) electrons. The highest BCUT2D eigenvalue weighted by molar-refractivity contribution is 6.01. The molecule has 0 fully saturated rings. The Morgan fingerprint density at radius 2 is 1.84 bits per heavy atom. The average molecular weight is 338 g/mol. The molecule has 5 heteroatoms. The molecular formula is C20H22N2O3. The molecule has 5 nitrogen and oxygen atoms in total. The molecule has 0 saturated carbocycles. The van der Waals surface area contributed by atoms with Crippen LogP contribution in [0.3, 0.4) is 0 Å². The normalized spacial score (nSPS) is 10.8. The third kappa shape index (κ3) is 2.93. The van der Waals surface area contributed by atoms with Crippen LogP contribution in [0, 0.1) is 0 Å². The Bertz CT molecular complexity index is 911. The number of esters is 1. The van der Waals surface area contributed by atoms with Gasteiger partial charge in [0, 0.05) is 23.6 Å². The number of fused-ring (bicyclic) bond motifs is 1. The van der Waals surface area contributed by atoms with E-state index in [0.29, 0.717) is 12.2 Å². The summed E-state index contributed by atoms with van der Waals surface area (Å²) in [6.45, 7) is 5.00. The van der Waals surface area contributed by atoms with Gasteiger partial charge in [0.15, 0.2) is 0 Å². The number of nitrogen functional groups attached to an aromatic ring is 1. The van der Waals surface area contributed by atoms with E-state index in [1.54, 1.807) is 26.2 Å². The predicted octanol–water partition coefficient (Wildman–Crippen LogP) is 4.10. The number of aromatic nitrogens is 1. The molecule has 25 heavy (non-hydrogen) atoms. The number of aryl methyl sites for hydroxylation is 1. The summed E-state index contributed by atoms with van der Waals surface area (Å²) in [7, 11) is 1.65. The van der Waals surface area contributed by atoms with Gasteiger partial charge < -0.3 is 19.8 Å². The Labute approximate surface area is 147 Å². The summed E-state index contributed by atoms with van der Waals surface area (Å²) >= 11 is 0. The monoisotopic (exact) mass is 338 g/mol. The summed E-state index contributed by atoms with van der Waals surface area (Å²) in [6, 6.07) is 13.2. The SMILES string of the molecule is CCOC(=O)c1ccc(-c2c(N)c3ccc(OC)cc3n2CC)cc1. The van der Waals surface area contributed by atoms with E-state index in [1.807, 2.05) is 30.3 Å². The fourth-order valence-corrected chi connectivity index (χ4v) is 3.10. The maximum atomic E-state index is 11.8. The lowest BCUT2D eigenvalue weighted by molar-refractivity contribution is 0.0526. The summed E-state index contributed by atoms with van der Waals surface area (Å²) in [5.41, 5.74) is 10.6. The van der Waals surface area contributed by atoms with Gasteiger partial charge in [0.05, 0.1) is 36.2 Å². The number of nitrogens with zero attached hydrogens (tertiary/aromatic N) is 1. The van der Waals surface area contributed by atoms with Gasteiger partial charge >= 0.3 is 5.97 Å². The van der Waals surface area contributed by atoms with Crippen molar-refractivity contribution in [2.75, 3.05) is 19.5 Å². The number of rotatable bonds is 5. The van der Waals surface area contributed by atoms with Crippen molar-refractivity contribution in [3.05, 3.63) is 48.0 Å². The Morgan fingerprint density at radius 3 is 2.44 bits per heavy atom. The second kappa shape index (κ2) is 6.89. The number of nitrogens with two attached hydrogens (primary N) is 1. The van der Waals surface area contributed by atoms with Crippen LogP contribution >= 0.6 is 0 Å². The molecule has 0 unspecified atom stereocenters. The third-order valence-corrected chi connectivity index (χ3v) is 4.30. The summed E-state index contributed by atoms with van der Waals surface area (Å²) < 4.78 is 12.5. The Balaban J connectivity index is 2.12. The maximum absolute atomic E-state index is 11.8. The molecule has 0 aliphatic heterocycles. The smallest absolute Gasteiger partial charge is 0.338 e. The van der Waals surface area contributed by atoms with Crippen LogP contribution in [0.15, 0.2) is 42.5 Å². The van der Waals surface area contributed by atoms with Crippen LogP contribution < -0.4 is 10.5 Å². The predicted molar refractivity (Wildman–Crippen MR) is 100.0 cm³/mol. The van der Waals surface area contributed by atoms with E-state index in [0.717, 1.165) is 40.1 Å². The molecule has 0 amide bonds. The van der Waals surface area contributed by atoms with Gasteiger partial charge in [0.1, 0.15) is 5.75 Å². The summed E-state index contributed by atoms with van der Waals surface area (Å²) in [6.07, 6.45) is 0. The van der Waals surface area contributed by atoms with Gasteiger partial charge in [-0.15, -0.1) is 0 Å². The standard InChI is InChI=1S/C20H22N2O3/c1-4-22-17-12-15(24-3)10-11-16(17)18(21)19(22)13-6-8-14(9-7-13)20(23)25-5-2/h6-12H,4-5,21H2,1-3H3. The number of carbonyl (C=O) groups is 1. The van der Waals surface area contributed by atoms with Crippen molar-refractivity contribution in [3.8, 4) is 17.0 Å². The summed E-state index contributed by atoms with van der Waals surface area (Å²) in [5.74, 6) is 0.478. The fraction of sp³-hybridized carbons (Fsp3) is 0.250. The first-order valence-electron chi connectivity index (χ1n) is 8.34. The molecule has 2 aromatic carbocycles. The van der Waals surface area contributed by atoms with Gasteiger partial charge in [-0.3, -0.25) is 0 Å². The van der Waals surface area contributed by atoms with Crippen LogP contribution in [0.2, 0.25) is 0 Å². The average Bonchev–Trinajstić information content (AvgIpc) is 2.93. The fourth-order valence-electron chi connectivity index (χ4n) is 3.10. The Kier molecular flexibility index (Phi) is 4.65. The van der Waals surface area contributed by atoms with E-state index in [2.05, 4.69) is 11.5 Å². The molecule has 0 spiro atoms. The molecule has 1 aromatic heterocycles. The molecule has 130 valence electrons. The van der Waals surface area contributed by atoms with Crippen LogP contribution in [0.1, 0.15) is 24.2 Å². The van der Waals surface area contributed by atoms with E-state index in [4.69, 9.17) is 15.2 Å². The maximum Gasteiger partial charge on any atom is 0.338 e. The zero-order valence-electron chi connectivity index (χ0n) is 14.7. The van der Waals surface area contributed by atoms with Crippen molar-refractivity contribution in [2.45, 2.75) is 20.4 Å². The van der Waals surface area contributed by atoms with Crippen molar-refractivity contribution >= 4 is 22.6 Å². The number of hydrogen-bond donors (Lipinski definition) is 1. The molecule has 3 rings (SSSR count). The van der Waals surface area contributed by atoms with Crippen LogP contribution in [-0.2, 0) is 11.3 Å². The zero-order chi connectivity index (χ0) is 18.0. The van der Waals surface area contributed by atoms with Gasteiger partial charge in [0.2, 0.25) is 0 Å². The van der Waals surface area contributed by atoms with Crippen LogP contribution in [0.25, 0.3) is 22.2 Å². The molecule has 0 saturated heterocycles. The molecule has 0 aliphatic carbocycles. The topological polar surface area (TPSA) is 66.5 Å². The first-order valence-corrected chi connectivity index (χ1v) is 8.34. The molecular weight excluding hydrogens is 316 g/mol. The van der Waals surface area contributed by atoms with E-state index >= 15 is 0 Å². The number of hydrogen-bond acceptors (Lipinski definition) is 4. The van der Waals surface area contributed by atoms with E-state index in [9.17, 15) is 4.79 Å². The summed E-state index contributed by atoms with van der Waals surface area (Å²) in [5, 5.41) is 0.993. The van der Waals surface area contributed by atoms with Crippen LogP contribution in [0.4, 0.5) is 5.69 Å². The van der Waals surface area contributed by atoms with Gasteiger partial charge in [-0.2, -0.15) is 0 Å². The highest BCUT2D eigenvalue weighted by atomic mass is 16.5. The van der Waals surface area contributed by atoms with Crippen molar-refractivity contribution in [1.29, 1.82) is 0 Å². The minimum atomic E-state index is -0.317. The number of methoxy groups -OCH3 is 1. The van der Waals surface area contributed by atoms with E-state index in [1.165, 1.54) is 0 Å². The second-order valence-electron chi connectivity index (χ2n) is 5.69. The highest BCUT2D eigenvalue weighted by Gasteiger charge is 2.17. The van der Waals surface area contributed by atoms with Gasteiger partial charge in [-0.05, 0) is 38.1 Å². The lowest BCUT2D eigenvalue weighted by atomic mass is 10.1. The lowest BCUT2D eigenvalue weighted by Crippen LogP contribution is -2.04. The Morgan fingerprint density at radius 1 is 1.12 bits per heavy atom. The van der Waals surface area contributed by atoms with E-state index in [-0.39, 0.29) is 5.97 Å². The van der Waals surface area contributed by atoms with Crippen molar-refractivity contribution in [2.24, 2.45) is 0 Å². The third-order valence-electron chi connectivity index (χ3n) is 4.30. The largest absolute Gasteiger partial charge is 0.497 e. The highest BCUT2D eigenvalue weighted by Crippen LogP contribution is 2.37. The van der Waals surface area contributed by atoms with Crippen molar-refractivity contribution in [1.82, 2.24) is 4.57 Å². The zero-order valence-corrected chi connectivity index (χ0v) is 14.7. The van der Waals surface area contributed by atoms with Gasteiger partial charge in [0.25, 0.3) is 0 Å². The van der Waals surface area contributed by atoms with Gasteiger partial charge in [-0.1, -0.05) is 12.1 Å². The first-order chi connectivity index (χ1) is 12.1. The van der Waals surface area contributed by atoms with Crippen LogP contribution in [0.5, 0.6) is 5.75 Å². The number of carbonyl (C=O) groups excluding carboxylic acids is 1. The quantitative estimate of drug-likeness (QED) is 0.711. The Hall–Kier alpha value is -2.95. The molecule has 2 N–H and O–H groups in total. The lowest BCUT2D eigenvalue weighted by Gasteiger charge is -2.10. The summed E-state index contributed by atoms with van der Waals surface area (Å²) in [4.78, 5) is 11.8. The molecule has 0 bridgehead atoms. The number of ether oxygens (including phenoxy) is 2. The van der Waals surface area contributed by atoms with E-state index < -0.39 is 0 Å². The van der Waals surface area contributed by atoms with Gasteiger partial charge in [-0.25, -0.2) is 4.79 Å². The van der Waals surface area contributed by atoms with Crippen molar-refractivity contribution < 1.29 is 14.3 Å². The van der Waals surface area contributed by atoms with Crippen LogP contribution in [-0.4, -0.2) is 24.3 Å².